The highest BCUT2D eigenvalue weighted by Crippen LogP contribution is 2.13. The molecule has 0 saturated carbocycles. The van der Waals surface area contributed by atoms with Gasteiger partial charge in [-0.1, -0.05) is 0 Å². The zero-order valence-electron chi connectivity index (χ0n) is 7.10. The largest absolute Gasteiger partial charge is 0.478 e. The van der Waals surface area contributed by atoms with Crippen LogP contribution in [0.2, 0.25) is 0 Å². The van der Waals surface area contributed by atoms with E-state index < -0.39 is 11.9 Å². The fraction of sp³-hybridized carbons (Fsp3) is 0. The van der Waals surface area contributed by atoms with Crippen molar-refractivity contribution in [3.8, 4) is 0 Å². The highest BCUT2D eigenvalue weighted by Gasteiger charge is 2.10. The third kappa shape index (κ3) is 2.49. The lowest BCUT2D eigenvalue weighted by atomic mass is 10.1. The maximum atomic E-state index is 10.5. The van der Waals surface area contributed by atoms with E-state index in [2.05, 4.69) is 0 Å². The average molecular weight is 208 g/mol. The van der Waals surface area contributed by atoms with Gasteiger partial charge in [0.2, 0.25) is 0 Å². The minimum Gasteiger partial charge on any atom is -0.478 e. The molecule has 0 heterocycles. The lowest BCUT2D eigenvalue weighted by Gasteiger charge is -2.00. The van der Waals surface area contributed by atoms with E-state index in [1.54, 1.807) is 0 Å². The van der Waals surface area contributed by atoms with E-state index in [-0.39, 0.29) is 34.2 Å². The van der Waals surface area contributed by atoms with Gasteiger partial charge in [-0.3, -0.25) is 0 Å². The van der Waals surface area contributed by atoms with Gasteiger partial charge in [0.25, 0.3) is 0 Å². The number of nitrogen functional groups attached to an aromatic ring is 1. The summed E-state index contributed by atoms with van der Waals surface area (Å²) in [5, 5.41) is 17.1. The van der Waals surface area contributed by atoms with E-state index in [0.717, 1.165) is 6.07 Å². The molecule has 0 saturated heterocycles. The van der Waals surface area contributed by atoms with E-state index in [1.165, 1.54) is 12.1 Å². The van der Waals surface area contributed by atoms with Crippen molar-refractivity contribution in [2.45, 2.75) is 0 Å². The monoisotopic (exact) mass is 208 g/mol. The van der Waals surface area contributed by atoms with Crippen LogP contribution in [0.15, 0.2) is 18.2 Å². The number of carboxylic acids is 2. The van der Waals surface area contributed by atoms with E-state index in [9.17, 15) is 9.59 Å². The summed E-state index contributed by atoms with van der Waals surface area (Å²) in [6.45, 7) is 0. The van der Waals surface area contributed by atoms with Crippen LogP contribution in [-0.4, -0.2) is 39.5 Å². The maximum absolute atomic E-state index is 10.5. The number of nitrogens with two attached hydrogens (primary N) is 1. The van der Waals surface area contributed by atoms with Crippen molar-refractivity contribution in [3.63, 3.8) is 0 Å². The number of hydrogen-bond donors (Lipinski definition) is 3. The smallest absolute Gasteiger partial charge is 0.337 e. The van der Waals surface area contributed by atoms with E-state index in [0.29, 0.717) is 0 Å². The quantitative estimate of drug-likeness (QED) is 0.478. The van der Waals surface area contributed by atoms with Crippen LogP contribution >= 0.6 is 0 Å². The Labute approximate surface area is 90.3 Å². The molecular weight excluding hydrogens is 201 g/mol. The molecule has 0 amide bonds. The molecule has 0 unspecified atom stereocenters. The molecule has 3 radical (unpaired) electrons. The summed E-state index contributed by atoms with van der Waals surface area (Å²) in [6, 6.07) is 3.48. The summed E-state index contributed by atoms with van der Waals surface area (Å²) >= 11 is 0. The third-order valence-electron chi connectivity index (χ3n) is 1.53. The predicted octanol–water partition coefficient (Wildman–Crippen LogP) is 0.284. The molecule has 0 aliphatic carbocycles. The standard InChI is InChI=1S/C8H7NO4.Al/c9-6-3-4(7(10)11)1-2-5(6)8(12)13;/h1-3H,9H2,(H,10,11)(H,12,13);. The Kier molecular flexibility index (Phi) is 4.15. The zero-order valence-corrected chi connectivity index (χ0v) is 8.25. The number of carbonyl (C=O) groups is 2. The fourth-order valence-corrected chi connectivity index (χ4v) is 0.891. The zero-order chi connectivity index (χ0) is 10.0. The molecule has 0 aliphatic heterocycles. The molecule has 5 nitrogen and oxygen atoms in total. The predicted molar refractivity (Wildman–Crippen MR) is 50.5 cm³/mol. The Morgan fingerprint density at radius 2 is 1.71 bits per heavy atom. The van der Waals surface area contributed by atoms with E-state index >= 15 is 0 Å². The summed E-state index contributed by atoms with van der Waals surface area (Å²) < 4.78 is 0. The van der Waals surface area contributed by atoms with Crippen LogP contribution in [0.25, 0.3) is 0 Å². The number of rotatable bonds is 2. The second-order valence-electron chi connectivity index (χ2n) is 2.41. The first-order chi connectivity index (χ1) is 6.02. The first kappa shape index (κ1) is 12.5. The maximum Gasteiger partial charge on any atom is 0.337 e. The average Bonchev–Trinajstić information content (AvgIpc) is 2.03. The van der Waals surface area contributed by atoms with Crippen LogP contribution in [0.3, 0.4) is 0 Å². The molecule has 0 bridgehead atoms. The lowest BCUT2D eigenvalue weighted by molar-refractivity contribution is 0.0682. The second-order valence-corrected chi connectivity index (χ2v) is 2.41. The van der Waals surface area contributed by atoms with Gasteiger partial charge in [0.05, 0.1) is 11.1 Å². The van der Waals surface area contributed by atoms with Crippen LogP contribution in [0.1, 0.15) is 20.7 Å². The molecule has 0 fully saturated rings. The van der Waals surface area contributed by atoms with E-state index in [4.69, 9.17) is 15.9 Å². The van der Waals surface area contributed by atoms with Gasteiger partial charge in [-0.05, 0) is 18.2 Å². The van der Waals surface area contributed by atoms with Crippen LogP contribution in [0.4, 0.5) is 5.69 Å². The van der Waals surface area contributed by atoms with Gasteiger partial charge in [-0.15, -0.1) is 0 Å². The summed E-state index contributed by atoms with van der Waals surface area (Å²) in [5.41, 5.74) is 5.15. The molecule has 4 N–H and O–H groups in total. The molecule has 0 spiro atoms. The Balaban J connectivity index is 0.00000169. The Hall–Kier alpha value is -1.51. The summed E-state index contributed by atoms with van der Waals surface area (Å²) in [6.07, 6.45) is 0. The Bertz CT molecular complexity index is 378. The van der Waals surface area contributed by atoms with Crippen molar-refractivity contribution in [2.75, 3.05) is 5.73 Å². The molecule has 0 aliphatic rings. The third-order valence-corrected chi connectivity index (χ3v) is 1.53. The summed E-state index contributed by atoms with van der Waals surface area (Å²) in [7, 11) is 0. The van der Waals surface area contributed by atoms with Crippen LogP contribution < -0.4 is 5.73 Å². The van der Waals surface area contributed by atoms with Gasteiger partial charge < -0.3 is 15.9 Å². The highest BCUT2D eigenvalue weighted by molar-refractivity contribution is 5.96. The minimum atomic E-state index is -1.17. The van der Waals surface area contributed by atoms with Crippen molar-refractivity contribution in [1.82, 2.24) is 0 Å². The van der Waals surface area contributed by atoms with Crippen molar-refractivity contribution in [2.24, 2.45) is 0 Å². The number of hydrogen-bond acceptors (Lipinski definition) is 3. The van der Waals surface area contributed by atoms with Crippen LogP contribution in [0, 0.1) is 0 Å². The van der Waals surface area contributed by atoms with Crippen LogP contribution in [-0.2, 0) is 0 Å². The van der Waals surface area contributed by atoms with Gasteiger partial charge in [-0.2, -0.15) is 0 Å². The van der Waals surface area contributed by atoms with Gasteiger partial charge in [0, 0.05) is 23.0 Å². The van der Waals surface area contributed by atoms with Gasteiger partial charge in [-0.25, -0.2) is 9.59 Å². The normalized spacial score (nSPS) is 8.86. The molecule has 6 heteroatoms. The summed E-state index contributed by atoms with van der Waals surface area (Å²) in [4.78, 5) is 20.9. The SMILES string of the molecule is Nc1cc(C(=O)O)ccc1C(=O)O.[Al]. The van der Waals surface area contributed by atoms with E-state index in [1.807, 2.05) is 0 Å². The first-order valence-electron chi connectivity index (χ1n) is 3.38. The lowest BCUT2D eigenvalue weighted by Crippen LogP contribution is -2.05. The van der Waals surface area contributed by atoms with Crippen molar-refractivity contribution in [1.29, 1.82) is 0 Å². The number of carboxylic acid groups (broad SMARTS) is 2. The Morgan fingerprint density at radius 3 is 2.07 bits per heavy atom. The Morgan fingerprint density at radius 1 is 1.14 bits per heavy atom. The number of aromatic carboxylic acids is 2. The van der Waals surface area contributed by atoms with Gasteiger partial charge >= 0.3 is 11.9 Å². The molecule has 14 heavy (non-hydrogen) atoms. The van der Waals surface area contributed by atoms with Gasteiger partial charge in [0.1, 0.15) is 0 Å². The number of anilines is 1. The molecule has 1 rings (SSSR count). The molecular formula is C8H7AlNO4. The fourth-order valence-electron chi connectivity index (χ4n) is 0.891. The highest BCUT2D eigenvalue weighted by atomic mass is 27.0. The molecule has 0 atom stereocenters. The molecule has 1 aromatic carbocycles. The second kappa shape index (κ2) is 4.65. The number of benzene rings is 1. The molecule has 1 aromatic rings. The first-order valence-corrected chi connectivity index (χ1v) is 3.38. The molecule has 0 aromatic heterocycles. The van der Waals surface area contributed by atoms with Crippen molar-refractivity contribution in [3.05, 3.63) is 29.3 Å². The van der Waals surface area contributed by atoms with Crippen molar-refractivity contribution >= 4 is 35.0 Å². The topological polar surface area (TPSA) is 101 Å². The van der Waals surface area contributed by atoms with Gasteiger partial charge in [0.15, 0.2) is 0 Å². The summed E-state index contributed by atoms with van der Waals surface area (Å²) in [5.74, 6) is -2.31. The van der Waals surface area contributed by atoms with Crippen LogP contribution in [0.5, 0.6) is 0 Å². The minimum absolute atomic E-state index is 0. The van der Waals surface area contributed by atoms with Crippen molar-refractivity contribution < 1.29 is 19.8 Å². The molecule has 71 valence electrons.